The predicted molar refractivity (Wildman–Crippen MR) is 62.9 cm³/mol. The van der Waals surface area contributed by atoms with E-state index in [2.05, 4.69) is 28.7 Å². The third-order valence-corrected chi connectivity index (χ3v) is 2.75. The third kappa shape index (κ3) is 3.35. The van der Waals surface area contributed by atoms with Crippen LogP contribution in [0.5, 0.6) is 0 Å². The van der Waals surface area contributed by atoms with E-state index >= 15 is 0 Å². The van der Waals surface area contributed by atoms with Crippen molar-refractivity contribution in [2.75, 3.05) is 4.43 Å². The van der Waals surface area contributed by atoms with Crippen molar-refractivity contribution >= 4 is 22.6 Å². The summed E-state index contributed by atoms with van der Waals surface area (Å²) in [5, 5.41) is 8.95. The lowest BCUT2D eigenvalue weighted by Gasteiger charge is -2.07. The Morgan fingerprint density at radius 1 is 1.31 bits per heavy atom. The highest BCUT2D eigenvalue weighted by Gasteiger charge is 2.08. The van der Waals surface area contributed by atoms with Crippen LogP contribution >= 0.6 is 22.6 Å². The fourth-order valence-corrected chi connectivity index (χ4v) is 1.71. The third-order valence-electron chi connectivity index (χ3n) is 1.98. The van der Waals surface area contributed by atoms with E-state index in [0.29, 0.717) is 0 Å². The molecular weight excluding hydrogens is 273 g/mol. The number of benzene rings is 1. The van der Waals surface area contributed by atoms with E-state index in [1.165, 1.54) is 0 Å². The molecule has 1 aromatic carbocycles. The van der Waals surface area contributed by atoms with Gasteiger partial charge in [0.1, 0.15) is 0 Å². The lowest BCUT2D eigenvalue weighted by molar-refractivity contribution is 0.738. The molecule has 0 spiro atoms. The Hall–Kier alpha value is -0.560. The van der Waals surface area contributed by atoms with E-state index in [9.17, 15) is 0 Å². The minimum Gasteiger partial charge on any atom is -0.198 e. The van der Waals surface area contributed by atoms with Crippen molar-refractivity contribution in [1.29, 1.82) is 5.26 Å². The average Bonchev–Trinajstić information content (AvgIpc) is 2.21. The molecule has 0 aliphatic rings. The van der Waals surface area contributed by atoms with Crippen LogP contribution in [0.15, 0.2) is 30.3 Å². The Labute approximate surface area is 92.9 Å². The quantitative estimate of drug-likeness (QED) is 0.613. The van der Waals surface area contributed by atoms with Crippen LogP contribution in [-0.2, 0) is 0 Å². The van der Waals surface area contributed by atoms with Crippen molar-refractivity contribution in [3.63, 3.8) is 0 Å². The number of alkyl halides is 1. The number of hydrogen-bond acceptors (Lipinski definition) is 1. The van der Waals surface area contributed by atoms with Crippen LogP contribution in [0.3, 0.4) is 0 Å². The zero-order valence-corrected chi connectivity index (χ0v) is 9.57. The molecule has 1 atom stereocenters. The van der Waals surface area contributed by atoms with Crippen LogP contribution in [0, 0.1) is 11.3 Å². The summed E-state index contributed by atoms with van der Waals surface area (Å²) in [7, 11) is 0. The molecule has 0 N–H and O–H groups in total. The smallest absolute Gasteiger partial charge is 0.0713 e. The number of halogens is 1. The zero-order chi connectivity index (χ0) is 9.52. The standard InChI is InChI=1S/C11H12IN/c12-8-4-7-11(9-13)10-5-2-1-3-6-10/h1-3,5-6,11H,4,7-8H2. The van der Waals surface area contributed by atoms with E-state index in [-0.39, 0.29) is 5.92 Å². The van der Waals surface area contributed by atoms with Gasteiger partial charge >= 0.3 is 0 Å². The Morgan fingerprint density at radius 3 is 2.54 bits per heavy atom. The molecule has 68 valence electrons. The second-order valence-electron chi connectivity index (χ2n) is 2.92. The summed E-state index contributed by atoms with van der Waals surface area (Å²) in [5.74, 6) is 0.0796. The SMILES string of the molecule is N#CC(CCCI)c1ccccc1. The summed E-state index contributed by atoms with van der Waals surface area (Å²) in [4.78, 5) is 0. The fraction of sp³-hybridized carbons (Fsp3) is 0.364. The van der Waals surface area contributed by atoms with Gasteiger partial charge in [0.2, 0.25) is 0 Å². The molecule has 2 heteroatoms. The summed E-state index contributed by atoms with van der Waals surface area (Å²) in [5.41, 5.74) is 1.15. The molecule has 1 aromatic rings. The number of nitrogens with zero attached hydrogens (tertiary/aromatic N) is 1. The van der Waals surface area contributed by atoms with Gasteiger partial charge in [0, 0.05) is 0 Å². The molecule has 0 aliphatic heterocycles. The first-order valence-electron chi connectivity index (χ1n) is 4.39. The highest BCUT2D eigenvalue weighted by atomic mass is 127. The number of nitriles is 1. The van der Waals surface area contributed by atoms with E-state index in [1.807, 2.05) is 30.3 Å². The first-order chi connectivity index (χ1) is 6.38. The molecule has 0 fully saturated rings. The van der Waals surface area contributed by atoms with Crippen molar-refractivity contribution < 1.29 is 0 Å². The predicted octanol–water partition coefficient (Wildman–Crippen LogP) is 3.51. The molecule has 0 aliphatic carbocycles. The molecule has 1 rings (SSSR count). The van der Waals surface area contributed by atoms with Crippen LogP contribution in [0.1, 0.15) is 24.3 Å². The Bertz CT molecular complexity index is 276. The minimum atomic E-state index is 0.0796. The normalized spacial score (nSPS) is 12.0. The van der Waals surface area contributed by atoms with Crippen LogP contribution in [0.4, 0.5) is 0 Å². The van der Waals surface area contributed by atoms with Crippen molar-refractivity contribution in [3.05, 3.63) is 35.9 Å². The second kappa shape index (κ2) is 5.98. The summed E-state index contributed by atoms with van der Waals surface area (Å²) >= 11 is 2.35. The van der Waals surface area contributed by atoms with Crippen LogP contribution < -0.4 is 0 Å². The van der Waals surface area contributed by atoms with E-state index < -0.39 is 0 Å². The van der Waals surface area contributed by atoms with Crippen molar-refractivity contribution in [2.24, 2.45) is 0 Å². The highest BCUT2D eigenvalue weighted by Crippen LogP contribution is 2.20. The largest absolute Gasteiger partial charge is 0.198 e. The second-order valence-corrected chi connectivity index (χ2v) is 4.00. The minimum absolute atomic E-state index is 0.0796. The zero-order valence-electron chi connectivity index (χ0n) is 7.41. The van der Waals surface area contributed by atoms with E-state index in [4.69, 9.17) is 5.26 Å². The van der Waals surface area contributed by atoms with Gasteiger partial charge in [0.05, 0.1) is 12.0 Å². The van der Waals surface area contributed by atoms with Crippen molar-refractivity contribution in [2.45, 2.75) is 18.8 Å². The molecule has 0 bridgehead atoms. The summed E-state index contributed by atoms with van der Waals surface area (Å²) in [6, 6.07) is 12.4. The lowest BCUT2D eigenvalue weighted by Crippen LogP contribution is -1.95. The van der Waals surface area contributed by atoms with Crippen LogP contribution in [0.25, 0.3) is 0 Å². The summed E-state index contributed by atoms with van der Waals surface area (Å²) in [6.07, 6.45) is 2.09. The molecule has 0 radical (unpaired) electrons. The fourth-order valence-electron chi connectivity index (χ4n) is 1.27. The number of rotatable bonds is 4. The maximum absolute atomic E-state index is 8.95. The molecule has 0 aromatic heterocycles. The average molecular weight is 285 g/mol. The topological polar surface area (TPSA) is 23.8 Å². The molecule has 0 amide bonds. The van der Waals surface area contributed by atoms with Gasteiger partial charge in [-0.05, 0) is 22.8 Å². The maximum Gasteiger partial charge on any atom is 0.0713 e. The molecular formula is C11H12IN. The van der Waals surface area contributed by atoms with Gasteiger partial charge in [0.15, 0.2) is 0 Å². The van der Waals surface area contributed by atoms with Gasteiger partial charge in [-0.15, -0.1) is 0 Å². The van der Waals surface area contributed by atoms with Gasteiger partial charge in [-0.1, -0.05) is 52.9 Å². The molecule has 1 nitrogen and oxygen atoms in total. The molecule has 0 saturated heterocycles. The van der Waals surface area contributed by atoms with Gasteiger partial charge in [-0.3, -0.25) is 0 Å². The molecule has 0 heterocycles. The Morgan fingerprint density at radius 2 is 2.00 bits per heavy atom. The monoisotopic (exact) mass is 285 g/mol. The first kappa shape index (κ1) is 10.5. The molecule has 1 unspecified atom stereocenters. The number of hydrogen-bond donors (Lipinski definition) is 0. The van der Waals surface area contributed by atoms with E-state index in [1.54, 1.807) is 0 Å². The van der Waals surface area contributed by atoms with Crippen molar-refractivity contribution in [1.82, 2.24) is 0 Å². The Balaban J connectivity index is 2.63. The highest BCUT2D eigenvalue weighted by molar-refractivity contribution is 14.1. The lowest BCUT2D eigenvalue weighted by atomic mass is 9.96. The summed E-state index contributed by atoms with van der Waals surface area (Å²) in [6.45, 7) is 0. The van der Waals surface area contributed by atoms with Gasteiger partial charge in [-0.25, -0.2) is 0 Å². The molecule has 13 heavy (non-hydrogen) atoms. The van der Waals surface area contributed by atoms with Gasteiger partial charge < -0.3 is 0 Å². The Kier molecular flexibility index (Phi) is 4.84. The molecule has 0 saturated carbocycles. The van der Waals surface area contributed by atoms with E-state index in [0.717, 1.165) is 22.8 Å². The maximum atomic E-state index is 8.95. The van der Waals surface area contributed by atoms with Crippen LogP contribution in [-0.4, -0.2) is 4.43 Å². The van der Waals surface area contributed by atoms with Gasteiger partial charge in [0.25, 0.3) is 0 Å². The van der Waals surface area contributed by atoms with Crippen molar-refractivity contribution in [3.8, 4) is 6.07 Å². The van der Waals surface area contributed by atoms with Crippen LogP contribution in [0.2, 0.25) is 0 Å². The first-order valence-corrected chi connectivity index (χ1v) is 5.91. The van der Waals surface area contributed by atoms with Gasteiger partial charge in [-0.2, -0.15) is 5.26 Å². The summed E-state index contributed by atoms with van der Waals surface area (Å²) < 4.78 is 1.13.